The highest BCUT2D eigenvalue weighted by Crippen LogP contribution is 2.23. The summed E-state index contributed by atoms with van der Waals surface area (Å²) >= 11 is 1.52. The summed E-state index contributed by atoms with van der Waals surface area (Å²) in [6, 6.07) is 12.8. The van der Waals surface area contributed by atoms with Gasteiger partial charge in [-0.25, -0.2) is 9.59 Å². The summed E-state index contributed by atoms with van der Waals surface area (Å²) in [6.07, 6.45) is 7.19. The number of ether oxygens (including phenoxy) is 2. The summed E-state index contributed by atoms with van der Waals surface area (Å²) < 4.78 is 11.0. The average molecular weight is 624 g/mol. The van der Waals surface area contributed by atoms with Crippen LogP contribution in [0.15, 0.2) is 54.6 Å². The number of hydrogen-bond donors (Lipinski definition) is 2. The van der Waals surface area contributed by atoms with Gasteiger partial charge in [0, 0.05) is 19.0 Å². The number of likely N-dealkylation sites (N-methyl/N-ethyl adjacent to an activating group) is 1. The monoisotopic (exact) mass is 623 g/mol. The maximum absolute atomic E-state index is 14.1. The first-order chi connectivity index (χ1) is 20.5. The maximum atomic E-state index is 14.1. The number of nitrogens with zero attached hydrogens (tertiary/aromatic N) is 1. The third-order valence-electron chi connectivity index (χ3n) is 6.27. The number of nitrogens with one attached hydrogen (secondary N) is 2. The van der Waals surface area contributed by atoms with Crippen molar-refractivity contribution in [2.75, 3.05) is 19.1 Å². The molecule has 0 saturated heterocycles. The molecular weight excluding hydrogens is 578 g/mol. The summed E-state index contributed by atoms with van der Waals surface area (Å²) in [4.78, 5) is 55.3. The fraction of sp³-hybridized carbons (Fsp3) is 0.471. The van der Waals surface area contributed by atoms with Gasteiger partial charge in [-0.15, -0.1) is 6.42 Å². The highest BCUT2D eigenvalue weighted by molar-refractivity contribution is 7.98. The number of rotatable bonds is 12. The molecule has 0 aromatic heterocycles. The van der Waals surface area contributed by atoms with Crippen LogP contribution in [0.4, 0.5) is 4.79 Å². The first kappa shape index (κ1) is 36.2. The number of esters is 1. The minimum absolute atomic E-state index is 0.179. The molecule has 0 spiro atoms. The molecular formula is C34H45N3O6S. The van der Waals surface area contributed by atoms with Crippen molar-refractivity contribution in [2.45, 2.75) is 83.7 Å². The van der Waals surface area contributed by atoms with Gasteiger partial charge in [-0.2, -0.15) is 11.8 Å². The zero-order valence-electron chi connectivity index (χ0n) is 26.9. The quantitative estimate of drug-likeness (QED) is 0.256. The second-order valence-electron chi connectivity index (χ2n) is 12.4. The third kappa shape index (κ3) is 12.0. The summed E-state index contributed by atoms with van der Waals surface area (Å²) in [5, 5.41) is 5.51. The van der Waals surface area contributed by atoms with Gasteiger partial charge in [0.15, 0.2) is 0 Å². The van der Waals surface area contributed by atoms with Gasteiger partial charge in [0.2, 0.25) is 11.8 Å². The van der Waals surface area contributed by atoms with Crippen molar-refractivity contribution < 1.29 is 28.7 Å². The van der Waals surface area contributed by atoms with Crippen LogP contribution in [-0.4, -0.2) is 71.1 Å². The Morgan fingerprint density at radius 3 is 2.00 bits per heavy atom. The molecule has 10 heteroatoms. The lowest BCUT2D eigenvalue weighted by atomic mass is 10.00. The van der Waals surface area contributed by atoms with Crippen molar-refractivity contribution in [3.63, 3.8) is 0 Å². The zero-order valence-corrected chi connectivity index (χ0v) is 27.7. The minimum Gasteiger partial charge on any atom is -0.458 e. The van der Waals surface area contributed by atoms with E-state index in [1.165, 1.54) is 23.7 Å². The first-order valence-electron chi connectivity index (χ1n) is 14.4. The van der Waals surface area contributed by atoms with Gasteiger partial charge < -0.3 is 25.0 Å². The van der Waals surface area contributed by atoms with Crippen LogP contribution in [0.2, 0.25) is 0 Å². The molecule has 0 heterocycles. The Kier molecular flexibility index (Phi) is 13.3. The molecule has 0 saturated carbocycles. The van der Waals surface area contributed by atoms with Gasteiger partial charge in [-0.3, -0.25) is 9.59 Å². The number of thioether (sulfide) groups is 1. The number of carbonyl (C=O) groups is 4. The van der Waals surface area contributed by atoms with Crippen molar-refractivity contribution in [1.29, 1.82) is 0 Å². The van der Waals surface area contributed by atoms with Crippen molar-refractivity contribution in [3.8, 4) is 12.3 Å². The summed E-state index contributed by atoms with van der Waals surface area (Å²) in [5.74, 6) is 1.43. The predicted molar refractivity (Wildman–Crippen MR) is 174 cm³/mol. The average Bonchev–Trinajstić information content (AvgIpc) is 2.93. The molecule has 2 rings (SSSR count). The molecule has 2 aromatic carbocycles. The van der Waals surface area contributed by atoms with E-state index >= 15 is 0 Å². The van der Waals surface area contributed by atoms with Crippen molar-refractivity contribution in [1.82, 2.24) is 15.5 Å². The van der Waals surface area contributed by atoms with Crippen LogP contribution in [0.25, 0.3) is 0 Å². The third-order valence-corrected chi connectivity index (χ3v) is 6.91. The van der Waals surface area contributed by atoms with E-state index in [9.17, 15) is 19.2 Å². The number of benzene rings is 2. The molecule has 9 nitrogen and oxygen atoms in total. The fourth-order valence-corrected chi connectivity index (χ4v) is 4.77. The second-order valence-corrected chi connectivity index (χ2v) is 13.4. The van der Waals surface area contributed by atoms with E-state index in [0.29, 0.717) is 23.3 Å². The number of alkyl carbamates (subject to hydrolysis) is 1. The largest absolute Gasteiger partial charge is 0.458 e. The molecule has 2 aromatic rings. The van der Waals surface area contributed by atoms with Gasteiger partial charge >= 0.3 is 12.1 Å². The summed E-state index contributed by atoms with van der Waals surface area (Å²) in [5.41, 5.74) is 0.343. The second kappa shape index (κ2) is 16.2. The van der Waals surface area contributed by atoms with Crippen LogP contribution in [0.1, 0.15) is 70.7 Å². The van der Waals surface area contributed by atoms with Gasteiger partial charge in [0.05, 0.1) is 0 Å². The van der Waals surface area contributed by atoms with Crippen LogP contribution in [0, 0.1) is 12.3 Å². The highest BCUT2D eigenvalue weighted by atomic mass is 32.2. The molecule has 0 fully saturated rings. The molecule has 0 aliphatic heterocycles. The van der Waals surface area contributed by atoms with Crippen LogP contribution < -0.4 is 10.6 Å². The number of terminal acetylenes is 1. The molecule has 238 valence electrons. The lowest BCUT2D eigenvalue weighted by Gasteiger charge is -2.33. The Morgan fingerprint density at radius 2 is 1.48 bits per heavy atom. The number of amides is 3. The Bertz CT molecular complexity index is 1310. The molecule has 3 atom stereocenters. The normalized spacial score (nSPS) is 13.4. The van der Waals surface area contributed by atoms with Crippen LogP contribution >= 0.6 is 11.8 Å². The van der Waals surface area contributed by atoms with Gasteiger partial charge in [-0.1, -0.05) is 48.4 Å². The van der Waals surface area contributed by atoms with Crippen molar-refractivity contribution >= 4 is 35.6 Å². The Balaban J connectivity index is 2.48. The van der Waals surface area contributed by atoms with E-state index in [1.807, 2.05) is 36.6 Å². The molecule has 3 amide bonds. The van der Waals surface area contributed by atoms with Crippen molar-refractivity contribution in [3.05, 3.63) is 71.3 Å². The van der Waals surface area contributed by atoms with Gasteiger partial charge in [-0.05, 0) is 83.2 Å². The van der Waals surface area contributed by atoms with Crippen LogP contribution in [-0.2, 0) is 30.3 Å². The van der Waals surface area contributed by atoms with E-state index in [-0.39, 0.29) is 6.42 Å². The van der Waals surface area contributed by atoms with Gasteiger partial charge in [0.25, 0.3) is 0 Å². The van der Waals surface area contributed by atoms with Crippen LogP contribution in [0.3, 0.4) is 0 Å². The molecule has 3 unspecified atom stereocenters. The molecule has 0 radical (unpaired) electrons. The van der Waals surface area contributed by atoms with Crippen molar-refractivity contribution in [2.24, 2.45) is 0 Å². The summed E-state index contributed by atoms with van der Waals surface area (Å²) in [6.45, 7) is 10.4. The van der Waals surface area contributed by atoms with E-state index in [4.69, 9.17) is 15.9 Å². The predicted octanol–water partition coefficient (Wildman–Crippen LogP) is 4.88. The Morgan fingerprint density at radius 1 is 0.886 bits per heavy atom. The van der Waals surface area contributed by atoms with E-state index in [2.05, 4.69) is 16.6 Å². The first-order valence-corrected chi connectivity index (χ1v) is 15.8. The fourth-order valence-electron chi connectivity index (χ4n) is 4.30. The highest BCUT2D eigenvalue weighted by Gasteiger charge is 2.36. The molecule has 0 aliphatic rings. The molecule has 0 aliphatic carbocycles. The van der Waals surface area contributed by atoms with E-state index < -0.39 is 53.2 Å². The SMILES string of the molecule is C#Cc1ccc(C(C(=O)NC(Cc2ccccc2)C(=O)OC(C)(C)C)N(C)C(=O)C(CCSC)NC(=O)OC(C)(C)C)cc1. The van der Waals surface area contributed by atoms with Crippen LogP contribution in [0.5, 0.6) is 0 Å². The van der Waals surface area contributed by atoms with Gasteiger partial charge in [0.1, 0.15) is 29.3 Å². The Hall–Kier alpha value is -3.97. The summed E-state index contributed by atoms with van der Waals surface area (Å²) in [7, 11) is 1.49. The molecule has 44 heavy (non-hydrogen) atoms. The molecule has 0 bridgehead atoms. The number of hydrogen-bond acceptors (Lipinski definition) is 7. The molecule has 2 N–H and O–H groups in total. The van der Waals surface area contributed by atoms with E-state index in [1.54, 1.807) is 65.8 Å². The topological polar surface area (TPSA) is 114 Å². The smallest absolute Gasteiger partial charge is 0.408 e. The maximum Gasteiger partial charge on any atom is 0.408 e. The number of carbonyl (C=O) groups excluding carboxylic acids is 4. The standard InChI is InChI=1S/C34H45N3O6S/c1-10-23-16-18-25(19-17-23)28(37(8)30(39)26(20-21-44-9)36-32(41)43-34(5,6)7)29(38)35-27(31(40)42-33(2,3)4)22-24-14-12-11-13-15-24/h1,11-19,26-28H,20-22H2,2-9H3,(H,35,38)(H,36,41). The van der Waals surface area contributed by atoms with E-state index in [0.717, 1.165) is 5.56 Å². The minimum atomic E-state index is -1.16. The lowest BCUT2D eigenvalue weighted by molar-refractivity contribution is -0.159. The zero-order chi connectivity index (χ0) is 33.1. The lowest BCUT2D eigenvalue weighted by Crippen LogP contribution is -2.54. The Labute approximate surface area is 265 Å².